The second kappa shape index (κ2) is 10.8. The number of unbranched alkanes of at least 4 members (excludes halogenated alkanes) is 4. The van der Waals surface area contributed by atoms with Crippen molar-refractivity contribution in [1.29, 1.82) is 0 Å². The molecule has 1 nitrogen and oxygen atoms in total. The molecule has 0 aromatic heterocycles. The van der Waals surface area contributed by atoms with E-state index in [9.17, 15) is 0 Å². The van der Waals surface area contributed by atoms with Crippen LogP contribution in [0.5, 0.6) is 0 Å². The van der Waals surface area contributed by atoms with Gasteiger partial charge in [-0.1, -0.05) is 0 Å². The third-order valence-electron chi connectivity index (χ3n) is 1.60. The van der Waals surface area contributed by atoms with Gasteiger partial charge in [0, 0.05) is 0 Å². The molecule has 0 bridgehead atoms. The summed E-state index contributed by atoms with van der Waals surface area (Å²) >= 11 is -0.354. The zero-order valence-electron chi connectivity index (χ0n) is 7.86. The standard InChI is InChI=1S/C7H15O.C2H5.Sn/c1-2-3-4-5-6-7-8;1-2;/h2-7H2,1H3;1H2,2H3;/q-1;;+1. The van der Waals surface area contributed by atoms with Crippen LogP contribution in [0.15, 0.2) is 0 Å². The Hall–Kier alpha value is 0.759. The summed E-state index contributed by atoms with van der Waals surface area (Å²) in [5.41, 5.74) is 0. The Kier molecular flexibility index (Phi) is 11.5. The van der Waals surface area contributed by atoms with Gasteiger partial charge in [-0.2, -0.15) is 0 Å². The second-order valence-corrected chi connectivity index (χ2v) is 6.43. The summed E-state index contributed by atoms with van der Waals surface area (Å²) in [5, 5.41) is 0. The average Bonchev–Trinajstić information content (AvgIpc) is 2.03. The molecule has 0 amide bonds. The predicted octanol–water partition coefficient (Wildman–Crippen LogP) is 3.03. The monoisotopic (exact) mass is 264 g/mol. The van der Waals surface area contributed by atoms with Crippen LogP contribution < -0.4 is 0 Å². The van der Waals surface area contributed by atoms with Crippen molar-refractivity contribution in [2.24, 2.45) is 0 Å². The van der Waals surface area contributed by atoms with Gasteiger partial charge in [0.15, 0.2) is 0 Å². The average molecular weight is 263 g/mol. The first-order chi connectivity index (χ1) is 5.41. The molecule has 66 valence electrons. The van der Waals surface area contributed by atoms with Gasteiger partial charge in [-0.25, -0.2) is 0 Å². The maximum absolute atomic E-state index is 5.53. The van der Waals surface area contributed by atoms with Crippen molar-refractivity contribution >= 4 is 21.6 Å². The molecule has 0 fully saturated rings. The third kappa shape index (κ3) is 10.8. The number of hydrogen-bond donors (Lipinski definition) is 0. The van der Waals surface area contributed by atoms with Gasteiger partial charge in [0.2, 0.25) is 0 Å². The van der Waals surface area contributed by atoms with Gasteiger partial charge in [0.1, 0.15) is 0 Å². The molecule has 0 aliphatic heterocycles. The zero-order valence-corrected chi connectivity index (χ0v) is 10.7. The van der Waals surface area contributed by atoms with Crippen molar-refractivity contribution in [3.8, 4) is 0 Å². The molecule has 0 saturated heterocycles. The first-order valence-corrected chi connectivity index (χ1v) is 7.94. The van der Waals surface area contributed by atoms with E-state index in [1.165, 1.54) is 36.5 Å². The van der Waals surface area contributed by atoms with E-state index < -0.39 is 0 Å². The van der Waals surface area contributed by atoms with Crippen LogP contribution in [-0.4, -0.2) is 28.2 Å². The van der Waals surface area contributed by atoms with Crippen LogP contribution >= 0.6 is 0 Å². The molecule has 0 aliphatic rings. The summed E-state index contributed by atoms with van der Waals surface area (Å²) in [7, 11) is 0. The Morgan fingerprint density at radius 3 is 2.36 bits per heavy atom. The van der Waals surface area contributed by atoms with E-state index in [0.29, 0.717) is 0 Å². The molecule has 0 aliphatic carbocycles. The van der Waals surface area contributed by atoms with E-state index in [1.54, 1.807) is 0 Å². The van der Waals surface area contributed by atoms with E-state index >= 15 is 0 Å². The fraction of sp³-hybridized carbons (Fsp3) is 1.00. The molecule has 0 heterocycles. The summed E-state index contributed by atoms with van der Waals surface area (Å²) in [6, 6.07) is 0. The summed E-state index contributed by atoms with van der Waals surface area (Å²) in [4.78, 5) is 0. The van der Waals surface area contributed by atoms with E-state index in [2.05, 4.69) is 13.8 Å². The Labute approximate surface area is 81.7 Å². The van der Waals surface area contributed by atoms with E-state index in [0.717, 1.165) is 6.61 Å². The van der Waals surface area contributed by atoms with Gasteiger partial charge in [-0.05, 0) is 0 Å². The molecule has 0 atom stereocenters. The topological polar surface area (TPSA) is 9.23 Å². The Morgan fingerprint density at radius 2 is 1.73 bits per heavy atom. The van der Waals surface area contributed by atoms with Crippen molar-refractivity contribution in [2.75, 3.05) is 6.61 Å². The normalized spacial score (nSPS) is 10.4. The molecule has 0 saturated carbocycles. The SMILES string of the molecule is CCCCCCC[O][Sn][CH2]C. The Morgan fingerprint density at radius 1 is 1.00 bits per heavy atom. The molecule has 0 unspecified atom stereocenters. The quantitative estimate of drug-likeness (QED) is 0.483. The van der Waals surface area contributed by atoms with Crippen LogP contribution in [0.25, 0.3) is 0 Å². The molecular weight excluding hydrogens is 243 g/mol. The van der Waals surface area contributed by atoms with Gasteiger partial charge in [0.25, 0.3) is 0 Å². The van der Waals surface area contributed by atoms with Gasteiger partial charge in [-0.15, -0.1) is 0 Å². The minimum absolute atomic E-state index is 0.354. The number of hydrogen-bond acceptors (Lipinski definition) is 1. The molecule has 0 rings (SSSR count). The molecule has 0 aromatic carbocycles. The van der Waals surface area contributed by atoms with Crippen LogP contribution in [0, 0.1) is 0 Å². The molecule has 11 heavy (non-hydrogen) atoms. The van der Waals surface area contributed by atoms with Crippen LogP contribution in [0.1, 0.15) is 46.0 Å². The summed E-state index contributed by atoms with van der Waals surface area (Å²) in [6.07, 6.45) is 6.80. The zero-order chi connectivity index (χ0) is 8.36. The predicted molar refractivity (Wildman–Crippen MR) is 50.9 cm³/mol. The van der Waals surface area contributed by atoms with Crippen LogP contribution in [0.3, 0.4) is 0 Å². The van der Waals surface area contributed by atoms with Crippen molar-refractivity contribution in [2.45, 2.75) is 50.4 Å². The molecule has 2 radical (unpaired) electrons. The van der Waals surface area contributed by atoms with E-state index in [1.807, 2.05) is 0 Å². The molecule has 0 N–H and O–H groups in total. The van der Waals surface area contributed by atoms with Crippen LogP contribution in [-0.2, 0) is 3.07 Å². The molecule has 0 aromatic rings. The number of rotatable bonds is 8. The van der Waals surface area contributed by atoms with Crippen molar-refractivity contribution < 1.29 is 3.07 Å². The fourth-order valence-electron chi connectivity index (χ4n) is 0.952. The van der Waals surface area contributed by atoms with E-state index in [-0.39, 0.29) is 21.6 Å². The molecule has 0 spiro atoms. The Bertz CT molecular complexity index is 58.6. The van der Waals surface area contributed by atoms with Crippen molar-refractivity contribution in [3.05, 3.63) is 0 Å². The third-order valence-corrected chi connectivity index (χ3v) is 3.59. The fourth-order valence-corrected chi connectivity index (χ4v) is 2.36. The van der Waals surface area contributed by atoms with Crippen molar-refractivity contribution in [3.63, 3.8) is 0 Å². The van der Waals surface area contributed by atoms with Gasteiger partial charge >= 0.3 is 81.6 Å². The molecular formula is C9H20OSn. The van der Waals surface area contributed by atoms with Gasteiger partial charge in [-0.3, -0.25) is 0 Å². The summed E-state index contributed by atoms with van der Waals surface area (Å²) in [5.74, 6) is 0. The van der Waals surface area contributed by atoms with Crippen molar-refractivity contribution in [1.82, 2.24) is 0 Å². The minimum atomic E-state index is -0.354. The second-order valence-electron chi connectivity index (χ2n) is 2.76. The summed E-state index contributed by atoms with van der Waals surface area (Å²) in [6.45, 7) is 5.52. The first kappa shape index (κ1) is 11.8. The summed E-state index contributed by atoms with van der Waals surface area (Å²) < 4.78 is 6.85. The maximum atomic E-state index is 5.53. The van der Waals surface area contributed by atoms with Gasteiger partial charge in [0.05, 0.1) is 0 Å². The van der Waals surface area contributed by atoms with Crippen LogP contribution in [0.4, 0.5) is 0 Å². The first-order valence-electron chi connectivity index (χ1n) is 4.76. The van der Waals surface area contributed by atoms with E-state index in [4.69, 9.17) is 3.07 Å². The van der Waals surface area contributed by atoms with Gasteiger partial charge < -0.3 is 0 Å². The van der Waals surface area contributed by atoms with Crippen LogP contribution in [0.2, 0.25) is 4.44 Å². The Balaban J connectivity index is 2.69. The molecule has 2 heteroatoms.